The number of carboxylic acids is 1. The molecule has 1 saturated heterocycles. The highest BCUT2D eigenvalue weighted by molar-refractivity contribution is 7.16. The van der Waals surface area contributed by atoms with E-state index in [1.807, 2.05) is 0 Å². The number of carbonyl (C=O) groups is 1. The molecule has 0 spiro atoms. The molecule has 1 N–H and O–H groups in total. The van der Waals surface area contributed by atoms with Crippen LogP contribution in [0.5, 0.6) is 0 Å². The summed E-state index contributed by atoms with van der Waals surface area (Å²) in [6, 6.07) is 0. The van der Waals surface area contributed by atoms with Crippen LogP contribution in [-0.2, 0) is 20.9 Å². The van der Waals surface area contributed by atoms with E-state index in [9.17, 15) is 4.79 Å². The standard InChI is InChI=1S/C10H12N4O4S/c1-17-4-7-11-12-10-14(7)13-8(19-10)5-2-3-6(18-5)9(15)16/h5-6H,2-4H2,1H3,(H,15,16). The van der Waals surface area contributed by atoms with Crippen molar-refractivity contribution >= 4 is 22.3 Å². The Hall–Kier alpha value is -1.58. The van der Waals surface area contributed by atoms with Crippen LogP contribution >= 0.6 is 11.3 Å². The van der Waals surface area contributed by atoms with Crippen molar-refractivity contribution in [2.24, 2.45) is 0 Å². The number of hydrogen-bond donors (Lipinski definition) is 1. The zero-order valence-corrected chi connectivity index (χ0v) is 11.0. The van der Waals surface area contributed by atoms with E-state index in [2.05, 4.69) is 15.3 Å². The van der Waals surface area contributed by atoms with Crippen molar-refractivity contribution in [3.05, 3.63) is 10.8 Å². The van der Waals surface area contributed by atoms with Gasteiger partial charge in [0.1, 0.15) is 17.7 Å². The van der Waals surface area contributed by atoms with Crippen molar-refractivity contribution in [3.8, 4) is 0 Å². The molecule has 0 saturated carbocycles. The largest absolute Gasteiger partial charge is 0.479 e. The number of aromatic nitrogens is 4. The van der Waals surface area contributed by atoms with Crippen molar-refractivity contribution in [1.82, 2.24) is 19.8 Å². The molecule has 9 heteroatoms. The molecule has 2 atom stereocenters. The van der Waals surface area contributed by atoms with Gasteiger partial charge in [-0.15, -0.1) is 10.2 Å². The van der Waals surface area contributed by atoms with Crippen molar-refractivity contribution in [1.29, 1.82) is 0 Å². The van der Waals surface area contributed by atoms with Gasteiger partial charge in [-0.25, -0.2) is 4.79 Å². The van der Waals surface area contributed by atoms with Crippen molar-refractivity contribution in [2.75, 3.05) is 7.11 Å². The molecular weight excluding hydrogens is 272 g/mol. The molecule has 2 aromatic heterocycles. The molecule has 1 aliphatic heterocycles. The molecular formula is C10H12N4O4S. The van der Waals surface area contributed by atoms with Gasteiger partial charge in [-0.2, -0.15) is 9.61 Å². The van der Waals surface area contributed by atoms with E-state index in [1.54, 1.807) is 11.6 Å². The van der Waals surface area contributed by atoms with Gasteiger partial charge < -0.3 is 14.6 Å². The van der Waals surface area contributed by atoms with Gasteiger partial charge in [0.15, 0.2) is 11.9 Å². The van der Waals surface area contributed by atoms with Gasteiger partial charge in [0.05, 0.1) is 0 Å². The first kappa shape index (κ1) is 12.5. The van der Waals surface area contributed by atoms with Crippen LogP contribution in [0.1, 0.15) is 29.8 Å². The Kier molecular flexibility index (Phi) is 3.17. The lowest BCUT2D eigenvalue weighted by Gasteiger charge is -2.06. The topological polar surface area (TPSA) is 98.8 Å². The van der Waals surface area contributed by atoms with Gasteiger partial charge in [0, 0.05) is 7.11 Å². The van der Waals surface area contributed by atoms with Gasteiger partial charge in [-0.3, -0.25) is 0 Å². The van der Waals surface area contributed by atoms with E-state index >= 15 is 0 Å². The fourth-order valence-corrected chi connectivity index (χ4v) is 2.95. The van der Waals surface area contributed by atoms with Crippen LogP contribution in [0.3, 0.4) is 0 Å². The predicted molar refractivity (Wildman–Crippen MR) is 63.9 cm³/mol. The Morgan fingerprint density at radius 3 is 3.11 bits per heavy atom. The molecule has 102 valence electrons. The summed E-state index contributed by atoms with van der Waals surface area (Å²) in [4.78, 5) is 11.5. The van der Waals surface area contributed by atoms with Crippen LogP contribution in [0.25, 0.3) is 4.96 Å². The van der Waals surface area contributed by atoms with Crippen LogP contribution < -0.4 is 0 Å². The van der Waals surface area contributed by atoms with Crippen LogP contribution in [-0.4, -0.2) is 44.1 Å². The van der Waals surface area contributed by atoms with Gasteiger partial charge in [-0.05, 0) is 12.8 Å². The van der Waals surface area contributed by atoms with Crippen LogP contribution in [0, 0.1) is 0 Å². The van der Waals surface area contributed by atoms with E-state index in [0.717, 1.165) is 5.01 Å². The molecule has 0 aromatic carbocycles. The first-order valence-electron chi connectivity index (χ1n) is 5.77. The van der Waals surface area contributed by atoms with Gasteiger partial charge in [0.25, 0.3) is 0 Å². The van der Waals surface area contributed by atoms with E-state index in [0.29, 0.717) is 30.2 Å². The third kappa shape index (κ3) is 2.20. The summed E-state index contributed by atoms with van der Waals surface area (Å²) in [5.74, 6) is -0.307. The minimum atomic E-state index is -0.925. The molecule has 1 aliphatic rings. The minimum absolute atomic E-state index is 0.275. The second-order valence-corrected chi connectivity index (χ2v) is 5.20. The maximum Gasteiger partial charge on any atom is 0.332 e. The van der Waals surface area contributed by atoms with Gasteiger partial charge in [0.2, 0.25) is 4.96 Å². The lowest BCUT2D eigenvalue weighted by Crippen LogP contribution is -2.18. The van der Waals surface area contributed by atoms with Crippen LogP contribution in [0.2, 0.25) is 0 Å². The smallest absolute Gasteiger partial charge is 0.332 e. The lowest BCUT2D eigenvalue weighted by atomic mass is 10.2. The second-order valence-electron chi connectivity index (χ2n) is 4.21. The third-order valence-electron chi connectivity index (χ3n) is 2.91. The first-order chi connectivity index (χ1) is 9.19. The van der Waals surface area contributed by atoms with Crippen molar-refractivity contribution in [3.63, 3.8) is 0 Å². The average Bonchev–Trinajstić information content (AvgIpc) is 3.03. The number of rotatable bonds is 4. The maximum absolute atomic E-state index is 10.9. The number of ether oxygens (including phenoxy) is 2. The normalized spacial score (nSPS) is 23.2. The molecule has 2 aromatic rings. The molecule has 1 fully saturated rings. The van der Waals surface area contributed by atoms with E-state index in [1.165, 1.54) is 11.3 Å². The van der Waals surface area contributed by atoms with E-state index in [4.69, 9.17) is 14.6 Å². The summed E-state index contributed by atoms with van der Waals surface area (Å²) in [5, 5.41) is 22.0. The Bertz CT molecular complexity index is 610. The molecule has 2 unspecified atom stereocenters. The number of methoxy groups -OCH3 is 1. The highest BCUT2D eigenvalue weighted by Crippen LogP contribution is 2.34. The highest BCUT2D eigenvalue weighted by atomic mass is 32.1. The monoisotopic (exact) mass is 284 g/mol. The number of aliphatic carboxylic acids is 1. The van der Waals surface area contributed by atoms with E-state index in [-0.39, 0.29) is 6.10 Å². The quantitative estimate of drug-likeness (QED) is 0.879. The van der Waals surface area contributed by atoms with Crippen molar-refractivity contribution < 1.29 is 19.4 Å². The Balaban J connectivity index is 1.84. The van der Waals surface area contributed by atoms with Gasteiger partial charge >= 0.3 is 5.97 Å². The molecule has 0 radical (unpaired) electrons. The summed E-state index contributed by atoms with van der Waals surface area (Å²) in [6.07, 6.45) is 0.146. The van der Waals surface area contributed by atoms with Gasteiger partial charge in [-0.1, -0.05) is 11.3 Å². The number of hydrogen-bond acceptors (Lipinski definition) is 7. The Labute approximate surface area is 112 Å². The van der Waals surface area contributed by atoms with Crippen LogP contribution in [0.4, 0.5) is 0 Å². The molecule has 3 rings (SSSR count). The summed E-state index contributed by atoms with van der Waals surface area (Å²) >= 11 is 1.36. The molecule has 19 heavy (non-hydrogen) atoms. The zero-order chi connectivity index (χ0) is 13.4. The summed E-state index contributed by atoms with van der Waals surface area (Å²) in [7, 11) is 1.58. The molecule has 0 aliphatic carbocycles. The predicted octanol–water partition coefficient (Wildman–Crippen LogP) is 0.637. The number of fused-ring (bicyclic) bond motifs is 1. The van der Waals surface area contributed by atoms with E-state index < -0.39 is 12.1 Å². The summed E-state index contributed by atoms with van der Waals surface area (Å²) < 4.78 is 12.1. The van der Waals surface area contributed by atoms with Crippen molar-refractivity contribution in [2.45, 2.75) is 31.7 Å². The third-order valence-corrected chi connectivity index (χ3v) is 3.91. The second kappa shape index (κ2) is 4.83. The highest BCUT2D eigenvalue weighted by Gasteiger charge is 2.33. The number of carboxylic acid groups (broad SMARTS) is 1. The van der Waals surface area contributed by atoms with Crippen LogP contribution in [0.15, 0.2) is 0 Å². The Morgan fingerprint density at radius 2 is 2.42 bits per heavy atom. The lowest BCUT2D eigenvalue weighted by molar-refractivity contribution is -0.149. The molecule has 3 heterocycles. The fourth-order valence-electron chi connectivity index (χ4n) is 2.02. The Morgan fingerprint density at radius 1 is 1.58 bits per heavy atom. The SMILES string of the molecule is COCc1nnc2sc(C3CCC(C(=O)O)O3)nn12. The zero-order valence-electron chi connectivity index (χ0n) is 10.1. The summed E-state index contributed by atoms with van der Waals surface area (Å²) in [6.45, 7) is 0.327. The fraction of sp³-hybridized carbons (Fsp3) is 0.600. The molecule has 0 bridgehead atoms. The molecule has 8 nitrogen and oxygen atoms in total. The summed E-state index contributed by atoms with van der Waals surface area (Å²) in [5.41, 5.74) is 0. The average molecular weight is 284 g/mol. The number of nitrogens with zero attached hydrogens (tertiary/aromatic N) is 4. The molecule has 0 amide bonds. The minimum Gasteiger partial charge on any atom is -0.479 e. The maximum atomic E-state index is 10.9. The first-order valence-corrected chi connectivity index (χ1v) is 6.59.